The average Bonchev–Trinajstić information content (AvgIpc) is 2.39. The molecule has 1 aromatic carbocycles. The number of piperidine rings is 1. The van der Waals surface area contributed by atoms with E-state index in [4.69, 9.17) is 0 Å². The predicted octanol–water partition coefficient (Wildman–Crippen LogP) is 3.29. The van der Waals surface area contributed by atoms with Crippen LogP contribution in [-0.4, -0.2) is 25.8 Å². The van der Waals surface area contributed by atoms with Crippen molar-refractivity contribution in [3.63, 3.8) is 0 Å². The van der Waals surface area contributed by atoms with Crippen molar-refractivity contribution in [2.24, 2.45) is 0 Å². The van der Waals surface area contributed by atoms with Gasteiger partial charge in [-0.1, -0.05) is 40.5 Å². The molecule has 106 valence electrons. The third-order valence-corrected chi connectivity index (χ3v) is 5.30. The standard InChI is InChI=1S/C13H19BrN2O2S/c1-11(14)12-7-3-4-8-13(12)15-19(17,18)16-9-5-2-6-10-16/h3-4,7-8,11,15H,2,5-6,9-10H2,1H3. The molecule has 1 heterocycles. The van der Waals surface area contributed by atoms with Crippen LogP contribution in [-0.2, 0) is 10.2 Å². The number of para-hydroxylation sites is 1. The fourth-order valence-corrected chi connectivity index (χ4v) is 3.98. The average molecular weight is 347 g/mol. The molecule has 1 aliphatic heterocycles. The van der Waals surface area contributed by atoms with Crippen LogP contribution >= 0.6 is 15.9 Å². The number of alkyl halides is 1. The summed E-state index contributed by atoms with van der Waals surface area (Å²) in [7, 11) is -3.43. The normalized spacial score (nSPS) is 19.1. The summed E-state index contributed by atoms with van der Waals surface area (Å²) in [6, 6.07) is 7.47. The molecule has 1 aromatic rings. The molecule has 0 radical (unpaired) electrons. The van der Waals surface area contributed by atoms with Gasteiger partial charge in [-0.15, -0.1) is 0 Å². The van der Waals surface area contributed by atoms with Crippen molar-refractivity contribution in [1.82, 2.24) is 4.31 Å². The topological polar surface area (TPSA) is 49.4 Å². The van der Waals surface area contributed by atoms with Gasteiger partial charge in [-0.25, -0.2) is 0 Å². The van der Waals surface area contributed by atoms with Gasteiger partial charge in [-0.3, -0.25) is 4.72 Å². The number of hydrogen-bond acceptors (Lipinski definition) is 2. The lowest BCUT2D eigenvalue weighted by molar-refractivity contribution is 0.349. The molecule has 4 nitrogen and oxygen atoms in total. The van der Waals surface area contributed by atoms with Crippen molar-refractivity contribution < 1.29 is 8.42 Å². The smallest absolute Gasteiger partial charge is 0.271 e. The summed E-state index contributed by atoms with van der Waals surface area (Å²) in [5, 5.41) is 0. The van der Waals surface area contributed by atoms with E-state index in [1.807, 2.05) is 25.1 Å². The molecule has 1 aliphatic rings. The second-order valence-corrected chi connectivity index (χ2v) is 7.81. The van der Waals surface area contributed by atoms with Crippen LogP contribution in [0.1, 0.15) is 36.6 Å². The maximum Gasteiger partial charge on any atom is 0.301 e. The second kappa shape index (κ2) is 6.24. The molecule has 0 aromatic heterocycles. The van der Waals surface area contributed by atoms with Gasteiger partial charge < -0.3 is 0 Å². The molecule has 1 saturated heterocycles. The highest BCUT2D eigenvalue weighted by Crippen LogP contribution is 2.29. The number of rotatable bonds is 4. The maximum absolute atomic E-state index is 12.3. The Hall–Kier alpha value is -0.590. The zero-order valence-corrected chi connectivity index (χ0v) is 13.4. The highest BCUT2D eigenvalue weighted by atomic mass is 79.9. The van der Waals surface area contributed by atoms with Crippen LogP contribution in [0.3, 0.4) is 0 Å². The van der Waals surface area contributed by atoms with Gasteiger partial charge in [-0.2, -0.15) is 12.7 Å². The first-order valence-corrected chi connectivity index (χ1v) is 8.87. The molecule has 0 amide bonds. The number of halogens is 1. The van der Waals surface area contributed by atoms with E-state index in [1.54, 1.807) is 6.07 Å². The van der Waals surface area contributed by atoms with E-state index in [0.29, 0.717) is 18.8 Å². The number of nitrogens with one attached hydrogen (secondary N) is 1. The molecule has 1 fully saturated rings. The van der Waals surface area contributed by atoms with Gasteiger partial charge in [0.25, 0.3) is 0 Å². The van der Waals surface area contributed by atoms with E-state index in [2.05, 4.69) is 20.7 Å². The Kier molecular flexibility index (Phi) is 4.86. The van der Waals surface area contributed by atoms with Gasteiger partial charge in [0.15, 0.2) is 0 Å². The third kappa shape index (κ3) is 3.70. The lowest BCUT2D eigenvalue weighted by atomic mass is 10.1. The third-order valence-electron chi connectivity index (χ3n) is 3.28. The number of nitrogens with zero attached hydrogens (tertiary/aromatic N) is 1. The molecule has 1 atom stereocenters. The molecule has 19 heavy (non-hydrogen) atoms. The van der Waals surface area contributed by atoms with Crippen LogP contribution in [0.2, 0.25) is 0 Å². The fourth-order valence-electron chi connectivity index (χ4n) is 2.25. The summed E-state index contributed by atoms with van der Waals surface area (Å²) in [6.45, 7) is 3.21. The lowest BCUT2D eigenvalue weighted by Gasteiger charge is -2.27. The van der Waals surface area contributed by atoms with Crippen molar-refractivity contribution in [1.29, 1.82) is 0 Å². The maximum atomic E-state index is 12.3. The summed E-state index contributed by atoms with van der Waals surface area (Å²) in [5.41, 5.74) is 1.60. The van der Waals surface area contributed by atoms with Crippen molar-refractivity contribution in [3.8, 4) is 0 Å². The largest absolute Gasteiger partial charge is 0.301 e. The molecule has 0 bridgehead atoms. The van der Waals surface area contributed by atoms with Crippen molar-refractivity contribution in [3.05, 3.63) is 29.8 Å². The number of anilines is 1. The van der Waals surface area contributed by atoms with E-state index in [9.17, 15) is 8.42 Å². The van der Waals surface area contributed by atoms with Gasteiger partial charge in [-0.05, 0) is 31.4 Å². The minimum absolute atomic E-state index is 0.104. The molecule has 0 aliphatic carbocycles. The van der Waals surface area contributed by atoms with Gasteiger partial charge in [0.05, 0.1) is 5.69 Å². The quantitative estimate of drug-likeness (QED) is 0.850. The van der Waals surface area contributed by atoms with E-state index in [1.165, 1.54) is 4.31 Å². The first-order valence-electron chi connectivity index (χ1n) is 6.51. The molecule has 6 heteroatoms. The van der Waals surface area contributed by atoms with Gasteiger partial charge in [0.1, 0.15) is 0 Å². The minimum atomic E-state index is -3.43. The highest BCUT2D eigenvalue weighted by Gasteiger charge is 2.24. The zero-order chi connectivity index (χ0) is 13.9. The van der Waals surface area contributed by atoms with Crippen LogP contribution in [0, 0.1) is 0 Å². The molecule has 0 spiro atoms. The monoisotopic (exact) mass is 346 g/mol. The summed E-state index contributed by atoms with van der Waals surface area (Å²) >= 11 is 3.49. The van der Waals surface area contributed by atoms with Crippen LogP contribution in [0.25, 0.3) is 0 Å². The molecule has 1 unspecified atom stereocenters. The van der Waals surface area contributed by atoms with E-state index < -0.39 is 10.2 Å². The van der Waals surface area contributed by atoms with Crippen molar-refractivity contribution in [2.45, 2.75) is 31.0 Å². The summed E-state index contributed by atoms with van der Waals surface area (Å²) in [5.74, 6) is 0. The SMILES string of the molecule is CC(Br)c1ccccc1NS(=O)(=O)N1CCCCC1. The van der Waals surface area contributed by atoms with Gasteiger partial charge >= 0.3 is 10.2 Å². The molecule has 2 rings (SSSR count). The van der Waals surface area contributed by atoms with Gasteiger partial charge in [0.2, 0.25) is 0 Å². The number of hydrogen-bond donors (Lipinski definition) is 1. The van der Waals surface area contributed by atoms with Crippen LogP contribution in [0.5, 0.6) is 0 Å². The summed E-state index contributed by atoms with van der Waals surface area (Å²) in [4.78, 5) is 0.104. The Balaban J connectivity index is 2.20. The first kappa shape index (κ1) is 14.8. The Morgan fingerprint density at radius 2 is 1.84 bits per heavy atom. The lowest BCUT2D eigenvalue weighted by Crippen LogP contribution is -2.39. The molecular formula is C13H19BrN2O2S. The minimum Gasteiger partial charge on any atom is -0.271 e. The van der Waals surface area contributed by atoms with Crippen molar-refractivity contribution >= 4 is 31.8 Å². The second-order valence-electron chi connectivity index (χ2n) is 4.77. The Bertz CT molecular complexity index is 525. The highest BCUT2D eigenvalue weighted by molar-refractivity contribution is 9.09. The first-order chi connectivity index (χ1) is 9.00. The van der Waals surface area contributed by atoms with Gasteiger partial charge in [0, 0.05) is 17.9 Å². The number of benzene rings is 1. The Labute approximate surface area is 123 Å². The van der Waals surface area contributed by atoms with Crippen LogP contribution < -0.4 is 4.72 Å². The summed E-state index contributed by atoms with van der Waals surface area (Å²) < 4.78 is 28.9. The molecular weight excluding hydrogens is 328 g/mol. The molecule has 1 N–H and O–H groups in total. The fraction of sp³-hybridized carbons (Fsp3) is 0.538. The van der Waals surface area contributed by atoms with Crippen LogP contribution in [0.4, 0.5) is 5.69 Å². The van der Waals surface area contributed by atoms with E-state index >= 15 is 0 Å². The van der Waals surface area contributed by atoms with Crippen LogP contribution in [0.15, 0.2) is 24.3 Å². The Morgan fingerprint density at radius 1 is 1.21 bits per heavy atom. The summed E-state index contributed by atoms with van der Waals surface area (Å²) in [6.07, 6.45) is 3.00. The molecule has 0 saturated carbocycles. The van der Waals surface area contributed by atoms with E-state index in [-0.39, 0.29) is 4.83 Å². The predicted molar refractivity (Wildman–Crippen MR) is 81.8 cm³/mol. The van der Waals surface area contributed by atoms with Crippen molar-refractivity contribution in [2.75, 3.05) is 17.8 Å². The Morgan fingerprint density at radius 3 is 2.47 bits per heavy atom. The zero-order valence-electron chi connectivity index (χ0n) is 11.0. The van der Waals surface area contributed by atoms with E-state index in [0.717, 1.165) is 24.8 Å².